The van der Waals surface area contributed by atoms with E-state index in [1.165, 1.54) is 0 Å². The van der Waals surface area contributed by atoms with Crippen molar-refractivity contribution in [3.8, 4) is 0 Å². The molecule has 0 aromatic rings. The number of rotatable bonds is 2. The Morgan fingerprint density at radius 1 is 1.70 bits per heavy atom. The maximum Gasteiger partial charge on any atom is 0.220 e. The van der Waals surface area contributed by atoms with Crippen molar-refractivity contribution in [2.24, 2.45) is 0 Å². The minimum Gasteiger partial charge on any atom is -0.353 e. The summed E-state index contributed by atoms with van der Waals surface area (Å²) in [5.41, 5.74) is 0. The maximum absolute atomic E-state index is 10.8. The molecule has 1 aliphatic rings. The molecule has 1 aliphatic heterocycles. The fourth-order valence-electron chi connectivity index (χ4n) is 1.23. The van der Waals surface area contributed by atoms with Crippen molar-refractivity contribution in [1.29, 1.82) is 0 Å². The van der Waals surface area contributed by atoms with Crippen molar-refractivity contribution in [3.05, 3.63) is 0 Å². The Balaban J connectivity index is 2.25. The molecule has 1 saturated heterocycles. The first-order valence-corrected chi connectivity index (χ1v) is 4.80. The van der Waals surface area contributed by atoms with Crippen LogP contribution in [-0.4, -0.2) is 17.3 Å². The number of carbonyl (C=O) groups excluding carboxylic acids is 1. The lowest BCUT2D eigenvalue weighted by Gasteiger charge is -2.21. The largest absolute Gasteiger partial charge is 0.353 e. The first-order chi connectivity index (χ1) is 4.83. The highest BCUT2D eigenvalue weighted by Gasteiger charge is 2.16. The summed E-state index contributed by atoms with van der Waals surface area (Å²) in [6.45, 7) is 0. The van der Waals surface area contributed by atoms with Gasteiger partial charge in [-0.1, -0.05) is 15.9 Å². The van der Waals surface area contributed by atoms with E-state index in [4.69, 9.17) is 0 Å². The lowest BCUT2D eigenvalue weighted by atomic mass is 10.0. The predicted octanol–water partition coefficient (Wildman–Crippen LogP) is 1.44. The first-order valence-electron chi connectivity index (χ1n) is 3.68. The second-order valence-electron chi connectivity index (χ2n) is 2.63. The van der Waals surface area contributed by atoms with E-state index in [-0.39, 0.29) is 5.91 Å². The third-order valence-corrected chi connectivity index (χ3v) is 2.24. The van der Waals surface area contributed by atoms with Gasteiger partial charge in [-0.05, 0) is 19.3 Å². The molecule has 0 aliphatic carbocycles. The average molecular weight is 206 g/mol. The number of alkyl halides is 1. The second-order valence-corrected chi connectivity index (χ2v) is 3.43. The van der Waals surface area contributed by atoms with Gasteiger partial charge in [-0.3, -0.25) is 4.79 Å². The molecule has 1 fully saturated rings. The van der Waals surface area contributed by atoms with Gasteiger partial charge in [0.15, 0.2) is 0 Å². The molecule has 58 valence electrons. The van der Waals surface area contributed by atoms with Gasteiger partial charge in [-0.25, -0.2) is 0 Å². The Hall–Kier alpha value is -0.0500. The molecule has 1 heterocycles. The number of hydrogen-bond donors (Lipinski definition) is 1. The predicted molar refractivity (Wildman–Crippen MR) is 44.2 cm³/mol. The van der Waals surface area contributed by atoms with E-state index < -0.39 is 0 Å². The number of halogens is 1. The number of piperidine rings is 1. The van der Waals surface area contributed by atoms with Crippen LogP contribution >= 0.6 is 15.9 Å². The third kappa shape index (κ3) is 2.29. The van der Waals surface area contributed by atoms with Gasteiger partial charge in [0.2, 0.25) is 5.91 Å². The molecule has 1 N–H and O–H groups in total. The highest BCUT2D eigenvalue weighted by atomic mass is 79.9. The molecule has 1 atom stereocenters. The fraction of sp³-hybridized carbons (Fsp3) is 0.857. The Morgan fingerprint density at radius 3 is 3.10 bits per heavy atom. The molecule has 0 aromatic carbocycles. The molecular weight excluding hydrogens is 194 g/mol. The monoisotopic (exact) mass is 205 g/mol. The Kier molecular flexibility index (Phi) is 3.19. The summed E-state index contributed by atoms with van der Waals surface area (Å²) in [5, 5.41) is 3.93. The molecule has 0 bridgehead atoms. The normalized spacial score (nSPS) is 26.1. The van der Waals surface area contributed by atoms with E-state index in [1.807, 2.05) is 0 Å². The molecule has 0 radical (unpaired) electrons. The first kappa shape index (κ1) is 8.05. The minimum absolute atomic E-state index is 0.220. The van der Waals surface area contributed by atoms with Crippen LogP contribution < -0.4 is 5.32 Å². The maximum atomic E-state index is 10.8. The molecule has 0 spiro atoms. The summed E-state index contributed by atoms with van der Waals surface area (Å²) in [6.07, 6.45) is 3.99. The van der Waals surface area contributed by atoms with Crippen molar-refractivity contribution >= 4 is 21.8 Å². The second kappa shape index (κ2) is 3.96. The van der Waals surface area contributed by atoms with E-state index in [1.54, 1.807) is 0 Å². The summed E-state index contributed by atoms with van der Waals surface area (Å²) < 4.78 is 0. The van der Waals surface area contributed by atoms with Crippen LogP contribution in [0.5, 0.6) is 0 Å². The molecule has 1 rings (SSSR count). The number of hydrogen-bond acceptors (Lipinski definition) is 1. The van der Waals surface area contributed by atoms with E-state index in [2.05, 4.69) is 21.2 Å². The zero-order valence-electron chi connectivity index (χ0n) is 5.90. The van der Waals surface area contributed by atoms with Crippen molar-refractivity contribution in [1.82, 2.24) is 5.32 Å². The van der Waals surface area contributed by atoms with Gasteiger partial charge in [-0.15, -0.1) is 0 Å². The average Bonchev–Trinajstić information content (AvgIpc) is 1.88. The summed E-state index contributed by atoms with van der Waals surface area (Å²) in [4.78, 5) is 10.8. The molecule has 1 unspecified atom stereocenters. The van der Waals surface area contributed by atoms with Gasteiger partial charge < -0.3 is 5.32 Å². The van der Waals surface area contributed by atoms with Crippen LogP contribution in [0.15, 0.2) is 0 Å². The van der Waals surface area contributed by atoms with Crippen LogP contribution in [0.4, 0.5) is 0 Å². The highest BCUT2D eigenvalue weighted by Crippen LogP contribution is 2.11. The van der Waals surface area contributed by atoms with Crippen LogP contribution in [-0.2, 0) is 4.79 Å². The summed E-state index contributed by atoms with van der Waals surface area (Å²) >= 11 is 3.35. The van der Waals surface area contributed by atoms with Crippen LogP contribution in [0.25, 0.3) is 0 Å². The molecule has 0 saturated carbocycles. The van der Waals surface area contributed by atoms with Gasteiger partial charge in [-0.2, -0.15) is 0 Å². The van der Waals surface area contributed by atoms with E-state index >= 15 is 0 Å². The quantitative estimate of drug-likeness (QED) is 0.680. The Morgan fingerprint density at radius 2 is 2.50 bits per heavy atom. The van der Waals surface area contributed by atoms with Crippen molar-refractivity contribution in [2.75, 3.05) is 5.33 Å². The lowest BCUT2D eigenvalue weighted by molar-refractivity contribution is -0.123. The van der Waals surface area contributed by atoms with Crippen molar-refractivity contribution in [2.45, 2.75) is 31.7 Å². The SMILES string of the molecule is O=C1CCCC(CCBr)N1. The van der Waals surface area contributed by atoms with Crippen LogP contribution in [0.2, 0.25) is 0 Å². The van der Waals surface area contributed by atoms with Crippen LogP contribution in [0, 0.1) is 0 Å². The Bertz CT molecular complexity index is 125. The fourth-order valence-corrected chi connectivity index (χ4v) is 1.78. The summed E-state index contributed by atoms with van der Waals surface area (Å²) in [5.74, 6) is 0.220. The van der Waals surface area contributed by atoms with Crippen LogP contribution in [0.3, 0.4) is 0 Å². The minimum atomic E-state index is 0.220. The Labute approximate surface area is 69.5 Å². The van der Waals surface area contributed by atoms with Gasteiger partial charge in [0.05, 0.1) is 0 Å². The molecule has 1 amide bonds. The summed E-state index contributed by atoms with van der Waals surface area (Å²) in [6, 6.07) is 0.431. The number of carbonyl (C=O) groups is 1. The van der Waals surface area contributed by atoms with E-state index in [0.29, 0.717) is 6.04 Å². The van der Waals surface area contributed by atoms with Crippen LogP contribution in [0.1, 0.15) is 25.7 Å². The smallest absolute Gasteiger partial charge is 0.220 e. The van der Waals surface area contributed by atoms with Gasteiger partial charge >= 0.3 is 0 Å². The number of amides is 1. The molecule has 0 aromatic heterocycles. The van der Waals surface area contributed by atoms with Gasteiger partial charge in [0.1, 0.15) is 0 Å². The van der Waals surface area contributed by atoms with Crippen molar-refractivity contribution in [3.63, 3.8) is 0 Å². The van der Waals surface area contributed by atoms with E-state index in [0.717, 1.165) is 31.0 Å². The molecular formula is C7H12BrNO. The molecule has 2 nitrogen and oxygen atoms in total. The van der Waals surface area contributed by atoms with Crippen molar-refractivity contribution < 1.29 is 4.79 Å². The summed E-state index contributed by atoms with van der Waals surface area (Å²) in [7, 11) is 0. The zero-order chi connectivity index (χ0) is 7.40. The topological polar surface area (TPSA) is 29.1 Å². The molecule has 3 heteroatoms. The number of nitrogens with one attached hydrogen (secondary N) is 1. The lowest BCUT2D eigenvalue weighted by Crippen LogP contribution is -2.38. The van der Waals surface area contributed by atoms with E-state index in [9.17, 15) is 4.79 Å². The third-order valence-electron chi connectivity index (χ3n) is 1.78. The molecule has 10 heavy (non-hydrogen) atoms. The van der Waals surface area contributed by atoms with Gasteiger partial charge in [0.25, 0.3) is 0 Å². The van der Waals surface area contributed by atoms with Gasteiger partial charge in [0, 0.05) is 17.8 Å². The zero-order valence-corrected chi connectivity index (χ0v) is 7.49. The highest BCUT2D eigenvalue weighted by molar-refractivity contribution is 9.09. The standard InChI is InChI=1S/C7H12BrNO/c8-5-4-6-2-1-3-7(10)9-6/h6H,1-5H2,(H,9,10).